The summed E-state index contributed by atoms with van der Waals surface area (Å²) in [5.41, 5.74) is 0.886. The summed E-state index contributed by atoms with van der Waals surface area (Å²) in [5, 5.41) is 21.1. The van der Waals surface area contributed by atoms with Crippen molar-refractivity contribution in [3.05, 3.63) is 45.7 Å². The number of benzene rings is 1. The number of aromatic hydroxyl groups is 1. The normalized spacial score (nSPS) is 15.9. The first kappa shape index (κ1) is 18.2. The van der Waals surface area contributed by atoms with Gasteiger partial charge in [0.15, 0.2) is 5.56 Å². The van der Waals surface area contributed by atoms with Crippen molar-refractivity contribution in [2.24, 2.45) is 5.41 Å². The van der Waals surface area contributed by atoms with Gasteiger partial charge in [0.25, 0.3) is 5.56 Å². The van der Waals surface area contributed by atoms with E-state index < -0.39 is 22.8 Å². The lowest BCUT2D eigenvalue weighted by Crippen LogP contribution is -2.31. The molecule has 0 fully saturated rings. The van der Waals surface area contributed by atoms with E-state index in [-0.39, 0.29) is 11.3 Å². The van der Waals surface area contributed by atoms with Crippen molar-refractivity contribution in [1.29, 1.82) is 0 Å². The number of hydrogen-bond acceptors (Lipinski definition) is 4. The minimum atomic E-state index is -1.44. The summed E-state index contributed by atoms with van der Waals surface area (Å²) < 4.78 is 7.56. The van der Waals surface area contributed by atoms with Gasteiger partial charge in [-0.25, -0.2) is 4.79 Å². The number of hydrogen-bond donors (Lipinski definition) is 3. The molecule has 3 heterocycles. The van der Waals surface area contributed by atoms with Gasteiger partial charge in [0, 0.05) is 23.4 Å². The first-order valence-corrected chi connectivity index (χ1v) is 9.04. The average molecular weight is 382 g/mol. The molecule has 4 rings (SSSR count). The molecule has 2 aromatic heterocycles. The molecule has 1 aliphatic rings. The number of fused-ring (bicyclic) bond motifs is 5. The predicted molar refractivity (Wildman–Crippen MR) is 105 cm³/mol. The molecule has 1 atom stereocenters. The second-order valence-electron chi connectivity index (χ2n) is 8.22. The monoisotopic (exact) mass is 382 g/mol. The Labute approximate surface area is 161 Å². The fourth-order valence-corrected chi connectivity index (χ4v) is 4.16. The summed E-state index contributed by atoms with van der Waals surface area (Å²) in [6.07, 6.45) is 0. The molecular weight excluding hydrogens is 360 g/mol. The smallest absolute Gasteiger partial charge is 0.345 e. The lowest BCUT2D eigenvalue weighted by molar-refractivity contribution is 0.0691. The van der Waals surface area contributed by atoms with Crippen LogP contribution in [0.15, 0.2) is 29.1 Å². The van der Waals surface area contributed by atoms with Crippen LogP contribution in [-0.4, -0.2) is 32.8 Å². The molecule has 28 heavy (non-hydrogen) atoms. The number of ether oxygens (including phenoxy) is 1. The SMILES string of the molecule is COc1cccc2c1cc1n2C[C@@H](C(C)(C)C)c2c-1[nH]c(=O)c(C(=O)O)c2O. The number of carboxylic acids is 1. The highest BCUT2D eigenvalue weighted by molar-refractivity contribution is 5.95. The molecule has 0 saturated carbocycles. The molecule has 3 aromatic rings. The van der Waals surface area contributed by atoms with Gasteiger partial charge in [-0.15, -0.1) is 0 Å². The van der Waals surface area contributed by atoms with Gasteiger partial charge in [0.2, 0.25) is 0 Å². The molecule has 1 aromatic carbocycles. The molecule has 0 bridgehead atoms. The summed E-state index contributed by atoms with van der Waals surface area (Å²) >= 11 is 0. The zero-order valence-electron chi connectivity index (χ0n) is 16.2. The molecule has 0 unspecified atom stereocenters. The van der Waals surface area contributed by atoms with E-state index in [4.69, 9.17) is 4.74 Å². The molecule has 0 amide bonds. The Morgan fingerprint density at radius 2 is 2.04 bits per heavy atom. The zero-order chi connectivity index (χ0) is 20.4. The van der Waals surface area contributed by atoms with E-state index in [0.29, 0.717) is 23.6 Å². The van der Waals surface area contributed by atoms with Crippen LogP contribution in [0.4, 0.5) is 0 Å². The second kappa shape index (κ2) is 5.89. The highest BCUT2D eigenvalue weighted by atomic mass is 16.5. The summed E-state index contributed by atoms with van der Waals surface area (Å²) in [6.45, 7) is 6.64. The van der Waals surface area contributed by atoms with Crippen molar-refractivity contribution in [2.45, 2.75) is 33.2 Å². The Morgan fingerprint density at radius 3 is 2.64 bits per heavy atom. The van der Waals surface area contributed by atoms with Gasteiger partial charge in [0.05, 0.1) is 24.0 Å². The molecule has 0 spiro atoms. The first-order valence-electron chi connectivity index (χ1n) is 9.04. The fraction of sp³-hybridized carbons (Fsp3) is 0.333. The Balaban J connectivity index is 2.13. The minimum absolute atomic E-state index is 0.202. The third-order valence-corrected chi connectivity index (χ3v) is 5.58. The predicted octanol–water partition coefficient (Wildman–Crippen LogP) is 3.55. The number of methoxy groups -OCH3 is 1. The molecular formula is C21H22N2O5. The van der Waals surface area contributed by atoms with Crippen molar-refractivity contribution in [1.82, 2.24) is 9.55 Å². The van der Waals surface area contributed by atoms with Crippen LogP contribution in [0, 0.1) is 5.41 Å². The topological polar surface area (TPSA) is 105 Å². The number of pyridine rings is 1. The highest BCUT2D eigenvalue weighted by Crippen LogP contribution is 2.49. The van der Waals surface area contributed by atoms with Crippen molar-refractivity contribution in [2.75, 3.05) is 7.11 Å². The van der Waals surface area contributed by atoms with E-state index in [1.165, 1.54) is 0 Å². The van der Waals surface area contributed by atoms with Crippen LogP contribution in [0.3, 0.4) is 0 Å². The second-order valence-corrected chi connectivity index (χ2v) is 8.22. The number of aromatic nitrogens is 2. The van der Waals surface area contributed by atoms with Crippen LogP contribution in [0.25, 0.3) is 22.3 Å². The molecule has 0 radical (unpaired) electrons. The summed E-state index contributed by atoms with van der Waals surface area (Å²) in [6, 6.07) is 7.66. The molecule has 7 heteroatoms. The van der Waals surface area contributed by atoms with Gasteiger partial charge in [0.1, 0.15) is 11.5 Å². The van der Waals surface area contributed by atoms with Crippen molar-refractivity contribution in [3.63, 3.8) is 0 Å². The van der Waals surface area contributed by atoms with Gasteiger partial charge in [-0.05, 0) is 23.6 Å². The number of carbonyl (C=O) groups is 1. The van der Waals surface area contributed by atoms with Crippen LogP contribution in [-0.2, 0) is 6.54 Å². The van der Waals surface area contributed by atoms with Crippen LogP contribution >= 0.6 is 0 Å². The standard InChI is InChI=1S/C21H22N2O5/c1-21(2,3)11-9-23-12-6-5-7-14(28-4)10(12)8-13(23)17-15(11)18(24)16(20(26)27)19(25)22-17/h5-8,11H,9H2,1-4H3,(H,26,27)(H2,22,24,25)/t11-/m1/s1. The third-order valence-electron chi connectivity index (χ3n) is 5.58. The van der Waals surface area contributed by atoms with E-state index in [1.807, 2.05) is 45.0 Å². The van der Waals surface area contributed by atoms with Gasteiger partial charge >= 0.3 is 5.97 Å². The maximum atomic E-state index is 12.4. The Hall–Kier alpha value is -3.22. The molecule has 0 saturated heterocycles. The Morgan fingerprint density at radius 1 is 1.32 bits per heavy atom. The van der Waals surface area contributed by atoms with Crippen molar-refractivity contribution < 1.29 is 19.7 Å². The van der Waals surface area contributed by atoms with Gasteiger partial charge in [-0.3, -0.25) is 4.79 Å². The van der Waals surface area contributed by atoms with E-state index >= 15 is 0 Å². The number of nitrogens with one attached hydrogen (secondary N) is 1. The third kappa shape index (κ3) is 2.42. The number of nitrogens with zero attached hydrogens (tertiary/aromatic N) is 1. The van der Waals surface area contributed by atoms with Crippen molar-refractivity contribution >= 4 is 16.9 Å². The van der Waals surface area contributed by atoms with Gasteiger partial charge in [-0.2, -0.15) is 0 Å². The first-order chi connectivity index (χ1) is 13.1. The van der Waals surface area contributed by atoms with Gasteiger partial charge < -0.3 is 24.5 Å². The molecule has 3 N–H and O–H groups in total. The summed E-state index contributed by atoms with van der Waals surface area (Å²) in [7, 11) is 1.60. The number of carboxylic acid groups (broad SMARTS) is 1. The van der Waals surface area contributed by atoms with Gasteiger partial charge in [-0.1, -0.05) is 26.8 Å². The van der Waals surface area contributed by atoms with E-state index in [1.54, 1.807) is 7.11 Å². The quantitative estimate of drug-likeness (QED) is 0.629. The molecule has 146 valence electrons. The molecule has 0 aliphatic carbocycles. The lowest BCUT2D eigenvalue weighted by atomic mass is 9.73. The molecule has 1 aliphatic heterocycles. The van der Waals surface area contributed by atoms with Crippen LogP contribution in [0.2, 0.25) is 0 Å². The minimum Gasteiger partial charge on any atom is -0.506 e. The molecule has 7 nitrogen and oxygen atoms in total. The van der Waals surface area contributed by atoms with E-state index in [0.717, 1.165) is 16.6 Å². The Bertz CT molecular complexity index is 1180. The maximum absolute atomic E-state index is 12.4. The Kier molecular flexibility index (Phi) is 3.82. The maximum Gasteiger partial charge on any atom is 0.345 e. The summed E-state index contributed by atoms with van der Waals surface area (Å²) in [5.74, 6) is -1.38. The lowest BCUT2D eigenvalue weighted by Gasteiger charge is -2.37. The van der Waals surface area contributed by atoms with E-state index in [9.17, 15) is 19.8 Å². The largest absolute Gasteiger partial charge is 0.506 e. The summed E-state index contributed by atoms with van der Waals surface area (Å²) in [4.78, 5) is 26.7. The number of H-pyrrole nitrogens is 1. The average Bonchev–Trinajstić information content (AvgIpc) is 2.98. The number of aromatic carboxylic acids is 1. The van der Waals surface area contributed by atoms with Crippen LogP contribution in [0.1, 0.15) is 42.6 Å². The zero-order valence-corrected chi connectivity index (χ0v) is 16.2. The van der Waals surface area contributed by atoms with Crippen molar-refractivity contribution in [3.8, 4) is 22.9 Å². The highest BCUT2D eigenvalue weighted by Gasteiger charge is 2.39. The number of rotatable bonds is 2. The van der Waals surface area contributed by atoms with Crippen LogP contribution in [0.5, 0.6) is 11.5 Å². The fourth-order valence-electron chi connectivity index (χ4n) is 4.16. The van der Waals surface area contributed by atoms with Crippen LogP contribution < -0.4 is 10.3 Å². The van der Waals surface area contributed by atoms with E-state index in [2.05, 4.69) is 9.55 Å². The number of aromatic amines is 1.